The van der Waals surface area contributed by atoms with E-state index in [4.69, 9.17) is 19.7 Å². The standard InChI is InChI=1S/C13H9O.NO3/c1-3-7-12-10(5-1)9-11-6-2-4-8-13(11)14-12;2-1(3)4/h1-9H;/q+1;-1. The SMILES string of the molecule is O=[N+]([O-])[O-].c1ccc2[o+]c3ccccc3cc2c1. The van der Waals surface area contributed by atoms with E-state index in [9.17, 15) is 0 Å². The van der Waals surface area contributed by atoms with E-state index in [1.807, 2.05) is 36.4 Å². The Labute approximate surface area is 102 Å². The zero-order valence-electron chi connectivity index (χ0n) is 9.28. The molecule has 0 spiro atoms. The van der Waals surface area contributed by atoms with E-state index in [1.54, 1.807) is 0 Å². The minimum Gasteiger partial charge on any atom is -0.356 e. The predicted octanol–water partition coefficient (Wildman–Crippen LogP) is 3.63. The fourth-order valence-electron chi connectivity index (χ4n) is 1.67. The Kier molecular flexibility index (Phi) is 3.33. The summed E-state index contributed by atoms with van der Waals surface area (Å²) in [6.07, 6.45) is 0. The minimum absolute atomic E-state index is 0.936. The van der Waals surface area contributed by atoms with Crippen molar-refractivity contribution in [3.05, 3.63) is 69.9 Å². The monoisotopic (exact) mass is 243 g/mol. The fourth-order valence-corrected chi connectivity index (χ4v) is 1.67. The fraction of sp³-hybridized carbons (Fsp3) is 0. The molecule has 0 unspecified atom stereocenters. The zero-order valence-corrected chi connectivity index (χ0v) is 9.28. The molecule has 0 saturated carbocycles. The number of para-hydroxylation sites is 2. The molecule has 0 bridgehead atoms. The van der Waals surface area contributed by atoms with Crippen LogP contribution in [-0.2, 0) is 0 Å². The molecule has 0 aliphatic rings. The van der Waals surface area contributed by atoms with Gasteiger partial charge in [-0.05, 0) is 18.2 Å². The maximum Gasteiger partial charge on any atom is 0.360 e. The molecule has 0 amide bonds. The molecule has 0 radical (unpaired) electrons. The van der Waals surface area contributed by atoms with Crippen LogP contribution in [0, 0.1) is 15.3 Å². The van der Waals surface area contributed by atoms with E-state index in [0.29, 0.717) is 0 Å². The average Bonchev–Trinajstić information content (AvgIpc) is 2.35. The van der Waals surface area contributed by atoms with Gasteiger partial charge in [0.2, 0.25) is 0 Å². The highest BCUT2D eigenvalue weighted by Gasteiger charge is 2.09. The maximum atomic E-state index is 8.25. The second kappa shape index (κ2) is 5.09. The number of nitrogens with zero attached hydrogens (tertiary/aromatic N) is 1. The van der Waals surface area contributed by atoms with E-state index in [0.717, 1.165) is 21.9 Å². The zero-order chi connectivity index (χ0) is 13.0. The smallest absolute Gasteiger partial charge is 0.356 e. The normalized spacial score (nSPS) is 9.78. The first-order valence-corrected chi connectivity index (χ1v) is 5.19. The van der Waals surface area contributed by atoms with Crippen LogP contribution in [0.4, 0.5) is 0 Å². The van der Waals surface area contributed by atoms with Gasteiger partial charge in [0.25, 0.3) is 0 Å². The van der Waals surface area contributed by atoms with Gasteiger partial charge in [0.1, 0.15) is 0 Å². The molecule has 0 atom stereocenters. The summed E-state index contributed by atoms with van der Waals surface area (Å²) in [7, 11) is 0. The second-order valence-corrected chi connectivity index (χ2v) is 3.55. The van der Waals surface area contributed by atoms with Crippen LogP contribution in [0.3, 0.4) is 0 Å². The van der Waals surface area contributed by atoms with Gasteiger partial charge in [-0.15, -0.1) is 0 Å². The van der Waals surface area contributed by atoms with E-state index in [-0.39, 0.29) is 0 Å². The van der Waals surface area contributed by atoms with E-state index in [2.05, 4.69) is 18.2 Å². The van der Waals surface area contributed by atoms with Gasteiger partial charge in [-0.1, -0.05) is 24.3 Å². The van der Waals surface area contributed by atoms with Crippen LogP contribution in [0.25, 0.3) is 21.9 Å². The van der Waals surface area contributed by atoms with Gasteiger partial charge < -0.3 is 15.3 Å². The lowest BCUT2D eigenvalue weighted by atomic mass is 10.1. The van der Waals surface area contributed by atoms with Gasteiger partial charge in [0.05, 0.1) is 15.9 Å². The Morgan fingerprint density at radius 3 is 1.67 bits per heavy atom. The summed E-state index contributed by atoms with van der Waals surface area (Å²) in [6.45, 7) is 0. The molecular weight excluding hydrogens is 234 g/mol. The highest BCUT2D eigenvalue weighted by Crippen LogP contribution is 2.21. The highest BCUT2D eigenvalue weighted by molar-refractivity contribution is 5.89. The number of fused-ring (bicyclic) bond motifs is 2. The first kappa shape index (κ1) is 11.8. The molecule has 5 heteroatoms. The van der Waals surface area contributed by atoms with Crippen molar-refractivity contribution in [2.45, 2.75) is 0 Å². The van der Waals surface area contributed by atoms with Crippen molar-refractivity contribution < 1.29 is 9.50 Å². The lowest BCUT2D eigenvalue weighted by Gasteiger charge is -1.89. The Bertz CT molecular complexity index is 587. The van der Waals surface area contributed by atoms with Gasteiger partial charge in [0, 0.05) is 12.1 Å². The third-order valence-corrected chi connectivity index (χ3v) is 2.37. The molecule has 0 saturated heterocycles. The van der Waals surface area contributed by atoms with Crippen LogP contribution in [0.5, 0.6) is 0 Å². The van der Waals surface area contributed by atoms with Gasteiger partial charge in [-0.3, -0.25) is 0 Å². The molecule has 0 N–H and O–H groups in total. The second-order valence-electron chi connectivity index (χ2n) is 3.55. The van der Waals surface area contributed by atoms with Crippen molar-refractivity contribution in [1.82, 2.24) is 0 Å². The molecule has 2 aromatic carbocycles. The molecule has 90 valence electrons. The molecule has 18 heavy (non-hydrogen) atoms. The minimum atomic E-state index is -1.75. The summed E-state index contributed by atoms with van der Waals surface area (Å²) in [5, 5.41) is 17.0. The van der Waals surface area contributed by atoms with Gasteiger partial charge in [-0.2, -0.15) is 0 Å². The van der Waals surface area contributed by atoms with Crippen LogP contribution < -0.4 is 0 Å². The maximum absolute atomic E-state index is 8.25. The summed E-state index contributed by atoms with van der Waals surface area (Å²) in [6, 6.07) is 18.3. The molecule has 1 aromatic heterocycles. The summed E-state index contributed by atoms with van der Waals surface area (Å²) >= 11 is 0. The summed E-state index contributed by atoms with van der Waals surface area (Å²) in [5.41, 5.74) is 1.87. The number of hydrogen-bond donors (Lipinski definition) is 0. The summed E-state index contributed by atoms with van der Waals surface area (Å²) in [4.78, 5) is 8.25. The Hall–Kier alpha value is -2.69. The summed E-state index contributed by atoms with van der Waals surface area (Å²) in [5.74, 6) is 0. The molecule has 3 aromatic rings. The van der Waals surface area contributed by atoms with Gasteiger partial charge >= 0.3 is 11.2 Å². The quantitative estimate of drug-likeness (QED) is 0.261. The van der Waals surface area contributed by atoms with Crippen molar-refractivity contribution in [3.8, 4) is 0 Å². The number of benzene rings is 2. The van der Waals surface area contributed by atoms with Crippen molar-refractivity contribution in [2.75, 3.05) is 0 Å². The summed E-state index contributed by atoms with van der Waals surface area (Å²) < 4.78 is 5.75. The van der Waals surface area contributed by atoms with Gasteiger partial charge in [-0.25, -0.2) is 4.42 Å². The average molecular weight is 243 g/mol. The molecular formula is C13H9NO4. The largest absolute Gasteiger partial charge is 0.360 e. The highest BCUT2D eigenvalue weighted by atomic mass is 16.9. The molecule has 0 aliphatic carbocycles. The van der Waals surface area contributed by atoms with Crippen molar-refractivity contribution in [3.63, 3.8) is 0 Å². The Morgan fingerprint density at radius 2 is 1.22 bits per heavy atom. The lowest BCUT2D eigenvalue weighted by molar-refractivity contribution is -0.402. The molecule has 0 aliphatic heterocycles. The van der Waals surface area contributed by atoms with Crippen LogP contribution in [0.1, 0.15) is 0 Å². The van der Waals surface area contributed by atoms with E-state index >= 15 is 0 Å². The van der Waals surface area contributed by atoms with Crippen molar-refractivity contribution in [2.24, 2.45) is 0 Å². The van der Waals surface area contributed by atoms with Crippen molar-refractivity contribution in [1.29, 1.82) is 0 Å². The van der Waals surface area contributed by atoms with Crippen molar-refractivity contribution >= 4 is 21.9 Å². The van der Waals surface area contributed by atoms with E-state index < -0.39 is 5.09 Å². The van der Waals surface area contributed by atoms with Crippen LogP contribution in [0.2, 0.25) is 0 Å². The topological polar surface area (TPSA) is 77.5 Å². The first-order valence-electron chi connectivity index (χ1n) is 5.19. The molecule has 1 heterocycles. The third kappa shape index (κ3) is 2.70. The third-order valence-electron chi connectivity index (χ3n) is 2.37. The number of rotatable bonds is 0. The molecule has 5 nitrogen and oxygen atoms in total. The van der Waals surface area contributed by atoms with E-state index in [1.165, 1.54) is 0 Å². The first-order chi connectivity index (χ1) is 8.66. The van der Waals surface area contributed by atoms with Crippen LogP contribution in [-0.4, -0.2) is 5.09 Å². The Balaban J connectivity index is 0.000000267. The lowest BCUT2D eigenvalue weighted by Crippen LogP contribution is -1.74. The molecule has 3 rings (SSSR count). The Morgan fingerprint density at radius 1 is 0.833 bits per heavy atom. The predicted molar refractivity (Wildman–Crippen MR) is 68.5 cm³/mol. The number of hydrogen-bond acceptors (Lipinski definition) is 3. The molecule has 0 fully saturated rings. The van der Waals surface area contributed by atoms with Crippen LogP contribution in [0.15, 0.2) is 59.0 Å². The van der Waals surface area contributed by atoms with Gasteiger partial charge in [0.15, 0.2) is 0 Å². The van der Waals surface area contributed by atoms with Crippen LogP contribution >= 0.6 is 0 Å².